The van der Waals surface area contributed by atoms with Crippen molar-refractivity contribution < 1.29 is 4.79 Å². The van der Waals surface area contributed by atoms with E-state index in [0.29, 0.717) is 5.75 Å². The summed E-state index contributed by atoms with van der Waals surface area (Å²) in [5, 5.41) is 4.72. The van der Waals surface area contributed by atoms with Gasteiger partial charge in [0.2, 0.25) is 5.91 Å². The molecule has 0 saturated heterocycles. The molecule has 2 aromatic rings. The third kappa shape index (κ3) is 3.07. The van der Waals surface area contributed by atoms with E-state index in [0.717, 1.165) is 10.5 Å². The van der Waals surface area contributed by atoms with Gasteiger partial charge in [0, 0.05) is 12.4 Å². The molecule has 0 saturated carbocycles. The van der Waals surface area contributed by atoms with E-state index in [4.69, 9.17) is 0 Å². The Kier molecular flexibility index (Phi) is 4.10. The van der Waals surface area contributed by atoms with Crippen LogP contribution < -0.4 is 5.32 Å². The highest BCUT2D eigenvalue weighted by atomic mass is 32.2. The minimum atomic E-state index is 0.0187. The minimum absolute atomic E-state index is 0.0187. The molecule has 3 nitrogen and oxygen atoms in total. The molecule has 1 amide bonds. The first-order valence-electron chi connectivity index (χ1n) is 6.23. The molecule has 0 unspecified atom stereocenters. The summed E-state index contributed by atoms with van der Waals surface area (Å²) in [6.45, 7) is 6.27. The van der Waals surface area contributed by atoms with E-state index >= 15 is 0 Å². The number of amides is 1. The first kappa shape index (κ1) is 13.9. The zero-order valence-electron chi connectivity index (χ0n) is 11.7. The summed E-state index contributed by atoms with van der Waals surface area (Å²) in [6, 6.07) is 6.36. The highest BCUT2D eigenvalue weighted by Crippen LogP contribution is 2.26. The SMILES string of the molecule is CNC(=O)CSc1cc(C)c2cc(C)cc(C)c2n1. The van der Waals surface area contributed by atoms with E-state index in [2.05, 4.69) is 49.3 Å². The number of fused-ring (bicyclic) bond motifs is 1. The van der Waals surface area contributed by atoms with Gasteiger partial charge in [-0.05, 0) is 44.0 Å². The number of benzene rings is 1. The van der Waals surface area contributed by atoms with Crippen LogP contribution in [0.25, 0.3) is 10.9 Å². The molecule has 0 spiro atoms. The standard InChI is InChI=1S/C15H18N2OS/c1-9-5-11(3)15-12(6-9)10(2)7-14(17-15)19-8-13(18)16-4/h5-7H,8H2,1-4H3,(H,16,18). The first-order chi connectivity index (χ1) is 9.01. The van der Waals surface area contributed by atoms with Gasteiger partial charge in [0.1, 0.15) is 0 Å². The molecule has 0 aliphatic rings. The van der Waals surface area contributed by atoms with E-state index in [9.17, 15) is 4.79 Å². The molecule has 0 fully saturated rings. The van der Waals surface area contributed by atoms with Crippen LogP contribution in [0.5, 0.6) is 0 Å². The van der Waals surface area contributed by atoms with Crippen LogP contribution in [0.1, 0.15) is 16.7 Å². The van der Waals surface area contributed by atoms with Crippen LogP contribution in [0.15, 0.2) is 23.2 Å². The van der Waals surface area contributed by atoms with Gasteiger partial charge in [-0.15, -0.1) is 0 Å². The average molecular weight is 274 g/mol. The number of aromatic nitrogens is 1. The van der Waals surface area contributed by atoms with Crippen LogP contribution in [0.2, 0.25) is 0 Å². The van der Waals surface area contributed by atoms with E-state index in [1.807, 2.05) is 0 Å². The van der Waals surface area contributed by atoms with Crippen LogP contribution in [-0.4, -0.2) is 23.7 Å². The second-order valence-corrected chi connectivity index (χ2v) is 5.71. The van der Waals surface area contributed by atoms with Gasteiger partial charge in [-0.25, -0.2) is 4.98 Å². The number of nitrogens with one attached hydrogen (secondary N) is 1. The molecule has 0 atom stereocenters. The predicted molar refractivity (Wildman–Crippen MR) is 80.7 cm³/mol. The van der Waals surface area contributed by atoms with Gasteiger partial charge in [0.05, 0.1) is 16.3 Å². The maximum absolute atomic E-state index is 11.3. The highest BCUT2D eigenvalue weighted by Gasteiger charge is 2.08. The largest absolute Gasteiger partial charge is 0.358 e. The molecule has 1 heterocycles. The van der Waals surface area contributed by atoms with Crippen LogP contribution in [0, 0.1) is 20.8 Å². The summed E-state index contributed by atoms with van der Waals surface area (Å²) in [4.78, 5) is 16.0. The lowest BCUT2D eigenvalue weighted by Gasteiger charge is -2.09. The Bertz CT molecular complexity index is 638. The lowest BCUT2D eigenvalue weighted by molar-refractivity contribution is -0.118. The Hall–Kier alpha value is -1.55. The smallest absolute Gasteiger partial charge is 0.230 e. The van der Waals surface area contributed by atoms with E-state index < -0.39 is 0 Å². The molecule has 0 radical (unpaired) electrons. The van der Waals surface area contributed by atoms with Gasteiger partial charge in [0.25, 0.3) is 0 Å². The molecule has 1 aromatic carbocycles. The van der Waals surface area contributed by atoms with E-state index in [1.165, 1.54) is 33.8 Å². The predicted octanol–water partition coefficient (Wildman–Crippen LogP) is 3.00. The number of nitrogens with zero attached hydrogens (tertiary/aromatic N) is 1. The fourth-order valence-electron chi connectivity index (χ4n) is 2.10. The van der Waals surface area contributed by atoms with E-state index in [-0.39, 0.29) is 5.91 Å². The third-order valence-electron chi connectivity index (χ3n) is 3.06. The van der Waals surface area contributed by atoms with Crippen molar-refractivity contribution >= 4 is 28.6 Å². The normalized spacial score (nSPS) is 10.7. The molecule has 2 rings (SSSR count). The van der Waals surface area contributed by atoms with Crippen molar-refractivity contribution in [3.05, 3.63) is 34.9 Å². The number of rotatable bonds is 3. The van der Waals surface area contributed by atoms with Crippen LogP contribution in [0.3, 0.4) is 0 Å². The molecule has 0 bridgehead atoms. The number of carbonyl (C=O) groups excluding carboxylic acids is 1. The Morgan fingerprint density at radius 2 is 1.95 bits per heavy atom. The summed E-state index contributed by atoms with van der Waals surface area (Å²) in [7, 11) is 1.65. The fourth-order valence-corrected chi connectivity index (χ4v) is 2.94. The molecular formula is C15H18N2OS. The molecule has 0 aliphatic heterocycles. The van der Waals surface area contributed by atoms with Gasteiger partial charge >= 0.3 is 0 Å². The summed E-state index contributed by atoms with van der Waals surface area (Å²) >= 11 is 1.47. The maximum Gasteiger partial charge on any atom is 0.230 e. The number of hydrogen-bond acceptors (Lipinski definition) is 3. The minimum Gasteiger partial charge on any atom is -0.358 e. The topological polar surface area (TPSA) is 42.0 Å². The summed E-state index contributed by atoms with van der Waals surface area (Å²) < 4.78 is 0. The zero-order chi connectivity index (χ0) is 14.0. The Balaban J connectivity index is 2.41. The molecular weight excluding hydrogens is 256 g/mol. The van der Waals surface area contributed by atoms with Crippen molar-refractivity contribution in [2.24, 2.45) is 0 Å². The molecule has 1 aromatic heterocycles. The lowest BCUT2D eigenvalue weighted by Crippen LogP contribution is -2.19. The Labute approximate surface area is 117 Å². The fraction of sp³-hybridized carbons (Fsp3) is 0.333. The lowest BCUT2D eigenvalue weighted by atomic mass is 10.0. The molecule has 100 valence electrons. The second kappa shape index (κ2) is 5.61. The maximum atomic E-state index is 11.3. The summed E-state index contributed by atoms with van der Waals surface area (Å²) in [5.41, 5.74) is 4.67. The zero-order valence-corrected chi connectivity index (χ0v) is 12.5. The number of hydrogen-bond donors (Lipinski definition) is 1. The monoisotopic (exact) mass is 274 g/mol. The van der Waals surface area contributed by atoms with Crippen molar-refractivity contribution in [2.45, 2.75) is 25.8 Å². The van der Waals surface area contributed by atoms with Gasteiger partial charge in [-0.1, -0.05) is 23.4 Å². The van der Waals surface area contributed by atoms with Crippen molar-refractivity contribution in [1.82, 2.24) is 10.3 Å². The van der Waals surface area contributed by atoms with Crippen molar-refractivity contribution in [3.8, 4) is 0 Å². The summed E-state index contributed by atoms with van der Waals surface area (Å²) in [6.07, 6.45) is 0. The van der Waals surface area contributed by atoms with Gasteiger partial charge in [-0.2, -0.15) is 0 Å². The molecule has 19 heavy (non-hydrogen) atoms. The van der Waals surface area contributed by atoms with Crippen LogP contribution in [0.4, 0.5) is 0 Å². The number of pyridine rings is 1. The quantitative estimate of drug-likeness (QED) is 0.875. The Morgan fingerprint density at radius 1 is 1.21 bits per heavy atom. The summed E-state index contributed by atoms with van der Waals surface area (Å²) in [5.74, 6) is 0.421. The molecule has 1 N–H and O–H groups in total. The van der Waals surface area contributed by atoms with Crippen LogP contribution >= 0.6 is 11.8 Å². The van der Waals surface area contributed by atoms with Crippen molar-refractivity contribution in [3.63, 3.8) is 0 Å². The van der Waals surface area contributed by atoms with Gasteiger partial charge in [-0.3, -0.25) is 4.79 Å². The van der Waals surface area contributed by atoms with Crippen molar-refractivity contribution in [2.75, 3.05) is 12.8 Å². The molecule has 0 aliphatic carbocycles. The molecule has 4 heteroatoms. The number of carbonyl (C=O) groups is 1. The number of thioether (sulfide) groups is 1. The average Bonchev–Trinajstić information content (AvgIpc) is 2.37. The Morgan fingerprint density at radius 3 is 2.63 bits per heavy atom. The van der Waals surface area contributed by atoms with E-state index in [1.54, 1.807) is 7.05 Å². The van der Waals surface area contributed by atoms with Gasteiger partial charge in [0.15, 0.2) is 0 Å². The van der Waals surface area contributed by atoms with Crippen molar-refractivity contribution in [1.29, 1.82) is 0 Å². The first-order valence-corrected chi connectivity index (χ1v) is 7.22. The van der Waals surface area contributed by atoms with Gasteiger partial charge < -0.3 is 5.32 Å². The third-order valence-corrected chi connectivity index (χ3v) is 3.97. The highest BCUT2D eigenvalue weighted by molar-refractivity contribution is 7.99. The van der Waals surface area contributed by atoms with Crippen LogP contribution in [-0.2, 0) is 4.79 Å². The number of aryl methyl sites for hydroxylation is 3. The second-order valence-electron chi connectivity index (χ2n) is 4.72.